The quantitative estimate of drug-likeness (QED) is 0.838. The number of hydrogen-bond acceptors (Lipinski definition) is 3. The summed E-state index contributed by atoms with van der Waals surface area (Å²) in [6, 6.07) is 11.7. The Balaban J connectivity index is 1.89. The fraction of sp³-hybridized carbons (Fsp3) is 0.188. The van der Waals surface area contributed by atoms with Crippen molar-refractivity contribution < 1.29 is 4.79 Å². The average molecular weight is 265 g/mol. The Bertz CT molecular complexity index is 652. The van der Waals surface area contributed by atoms with Gasteiger partial charge in [-0.25, -0.2) is 5.01 Å². The van der Waals surface area contributed by atoms with Gasteiger partial charge in [0.1, 0.15) is 0 Å². The summed E-state index contributed by atoms with van der Waals surface area (Å²) in [5, 5.41) is 5.78. The highest BCUT2D eigenvalue weighted by Gasteiger charge is 2.28. The van der Waals surface area contributed by atoms with E-state index in [1.54, 1.807) is 35.7 Å². The Morgan fingerprint density at radius 3 is 2.95 bits per heavy atom. The number of aryl methyl sites for hydroxylation is 1. The number of hydrogen-bond donors (Lipinski definition) is 0. The molecule has 1 aromatic carbocycles. The fourth-order valence-corrected chi connectivity index (χ4v) is 2.39. The summed E-state index contributed by atoms with van der Waals surface area (Å²) in [7, 11) is 0. The molecule has 1 aliphatic heterocycles. The molecule has 1 unspecified atom stereocenters. The first kappa shape index (κ1) is 12.5. The second kappa shape index (κ2) is 5.25. The maximum Gasteiger partial charge on any atom is 0.276 e. The molecule has 0 saturated carbocycles. The molecular weight excluding hydrogens is 250 g/mol. The molecule has 0 spiro atoms. The predicted molar refractivity (Wildman–Crippen MR) is 77.4 cm³/mol. The van der Waals surface area contributed by atoms with Gasteiger partial charge in [0.15, 0.2) is 0 Å². The maximum atomic E-state index is 12.5. The van der Waals surface area contributed by atoms with E-state index in [2.05, 4.69) is 16.2 Å². The van der Waals surface area contributed by atoms with Crippen molar-refractivity contribution in [3.8, 4) is 0 Å². The number of rotatable bonds is 2. The molecule has 1 aromatic heterocycles. The molecule has 4 heteroatoms. The molecule has 1 atom stereocenters. The highest BCUT2D eigenvalue weighted by molar-refractivity contribution is 5.95. The summed E-state index contributed by atoms with van der Waals surface area (Å²) < 4.78 is 0. The van der Waals surface area contributed by atoms with E-state index in [1.165, 1.54) is 5.56 Å². The molecule has 1 aliphatic rings. The van der Waals surface area contributed by atoms with Crippen molar-refractivity contribution in [2.75, 3.05) is 0 Å². The molecule has 20 heavy (non-hydrogen) atoms. The third-order valence-electron chi connectivity index (χ3n) is 3.37. The number of benzene rings is 1. The van der Waals surface area contributed by atoms with Crippen molar-refractivity contribution in [3.05, 3.63) is 65.5 Å². The second-order valence-corrected chi connectivity index (χ2v) is 4.86. The zero-order chi connectivity index (χ0) is 13.9. The van der Waals surface area contributed by atoms with Crippen LogP contribution in [0.3, 0.4) is 0 Å². The minimum absolute atomic E-state index is 0.0254. The van der Waals surface area contributed by atoms with Gasteiger partial charge in [-0.3, -0.25) is 9.78 Å². The molecule has 0 fully saturated rings. The van der Waals surface area contributed by atoms with E-state index in [0.29, 0.717) is 5.56 Å². The lowest BCUT2D eigenvalue weighted by molar-refractivity contribution is 0.0711. The molecule has 0 radical (unpaired) electrons. The summed E-state index contributed by atoms with van der Waals surface area (Å²) >= 11 is 0. The van der Waals surface area contributed by atoms with Gasteiger partial charge in [-0.1, -0.05) is 29.8 Å². The van der Waals surface area contributed by atoms with Gasteiger partial charge in [0.2, 0.25) is 0 Å². The van der Waals surface area contributed by atoms with Crippen LogP contribution in [0.5, 0.6) is 0 Å². The van der Waals surface area contributed by atoms with Crippen molar-refractivity contribution in [1.29, 1.82) is 0 Å². The van der Waals surface area contributed by atoms with E-state index in [4.69, 9.17) is 0 Å². The van der Waals surface area contributed by atoms with Gasteiger partial charge in [0.05, 0.1) is 11.6 Å². The number of aromatic nitrogens is 1. The van der Waals surface area contributed by atoms with Crippen LogP contribution >= 0.6 is 0 Å². The van der Waals surface area contributed by atoms with Gasteiger partial charge in [-0.2, -0.15) is 5.10 Å². The first-order valence-corrected chi connectivity index (χ1v) is 6.58. The first-order chi connectivity index (χ1) is 9.75. The molecule has 0 N–H and O–H groups in total. The highest BCUT2D eigenvalue weighted by atomic mass is 16.2. The predicted octanol–water partition coefficient (Wildman–Crippen LogP) is 2.96. The van der Waals surface area contributed by atoms with Crippen LogP contribution < -0.4 is 0 Å². The maximum absolute atomic E-state index is 12.5. The number of carbonyl (C=O) groups excluding carboxylic acids is 1. The van der Waals surface area contributed by atoms with Crippen LogP contribution in [-0.4, -0.2) is 22.1 Å². The van der Waals surface area contributed by atoms with Crippen molar-refractivity contribution in [2.45, 2.75) is 19.4 Å². The van der Waals surface area contributed by atoms with Gasteiger partial charge in [-0.05, 0) is 24.6 Å². The minimum atomic E-state index is -0.113. The molecule has 1 amide bonds. The Morgan fingerprint density at radius 1 is 1.30 bits per heavy atom. The van der Waals surface area contributed by atoms with E-state index in [-0.39, 0.29) is 11.9 Å². The second-order valence-electron chi connectivity index (χ2n) is 4.86. The zero-order valence-corrected chi connectivity index (χ0v) is 11.2. The molecule has 3 rings (SSSR count). The van der Waals surface area contributed by atoms with Crippen LogP contribution in [0.4, 0.5) is 0 Å². The molecule has 0 saturated heterocycles. The van der Waals surface area contributed by atoms with E-state index in [9.17, 15) is 4.79 Å². The largest absolute Gasteiger partial charge is 0.276 e. The van der Waals surface area contributed by atoms with Crippen LogP contribution in [0.1, 0.15) is 33.9 Å². The standard InChI is InChI=1S/C16H15N3O/c1-12-4-2-5-13(10-12)15-7-9-18-19(15)16(20)14-6-3-8-17-11-14/h2-6,8-11,15H,7H2,1H3. The lowest BCUT2D eigenvalue weighted by atomic mass is 10.0. The summed E-state index contributed by atoms with van der Waals surface area (Å²) in [5.41, 5.74) is 2.85. The van der Waals surface area contributed by atoms with Gasteiger partial charge in [-0.15, -0.1) is 0 Å². The van der Waals surface area contributed by atoms with Crippen molar-refractivity contribution in [1.82, 2.24) is 9.99 Å². The topological polar surface area (TPSA) is 45.6 Å². The Morgan fingerprint density at radius 2 is 2.20 bits per heavy atom. The number of carbonyl (C=O) groups is 1. The summed E-state index contributed by atoms with van der Waals surface area (Å²) in [4.78, 5) is 16.5. The van der Waals surface area contributed by atoms with Crippen LogP contribution in [0, 0.1) is 6.92 Å². The first-order valence-electron chi connectivity index (χ1n) is 6.58. The summed E-state index contributed by atoms with van der Waals surface area (Å²) in [6.07, 6.45) is 5.77. The molecule has 0 bridgehead atoms. The highest BCUT2D eigenvalue weighted by Crippen LogP contribution is 2.29. The Labute approximate surface area is 117 Å². The van der Waals surface area contributed by atoms with Crippen molar-refractivity contribution >= 4 is 12.1 Å². The molecule has 100 valence electrons. The lowest BCUT2D eigenvalue weighted by Crippen LogP contribution is -2.27. The van der Waals surface area contributed by atoms with Crippen LogP contribution in [0.15, 0.2) is 53.9 Å². The lowest BCUT2D eigenvalue weighted by Gasteiger charge is -2.22. The van der Waals surface area contributed by atoms with Gasteiger partial charge < -0.3 is 0 Å². The van der Waals surface area contributed by atoms with Crippen LogP contribution in [0.25, 0.3) is 0 Å². The third kappa shape index (κ3) is 2.32. The third-order valence-corrected chi connectivity index (χ3v) is 3.37. The van der Waals surface area contributed by atoms with E-state index in [0.717, 1.165) is 12.0 Å². The van der Waals surface area contributed by atoms with Crippen molar-refractivity contribution in [2.24, 2.45) is 5.10 Å². The number of amides is 1. The van der Waals surface area contributed by atoms with Gasteiger partial charge in [0.25, 0.3) is 5.91 Å². The molecule has 2 heterocycles. The zero-order valence-electron chi connectivity index (χ0n) is 11.2. The van der Waals surface area contributed by atoms with Crippen LogP contribution in [-0.2, 0) is 0 Å². The summed E-state index contributed by atoms with van der Waals surface area (Å²) in [6.45, 7) is 2.05. The number of nitrogens with zero attached hydrogens (tertiary/aromatic N) is 3. The fourth-order valence-electron chi connectivity index (χ4n) is 2.39. The van der Waals surface area contributed by atoms with E-state index < -0.39 is 0 Å². The van der Waals surface area contributed by atoms with Gasteiger partial charge in [0, 0.05) is 25.0 Å². The number of hydrazone groups is 1. The van der Waals surface area contributed by atoms with E-state index in [1.807, 2.05) is 25.1 Å². The number of pyridine rings is 1. The van der Waals surface area contributed by atoms with Crippen LogP contribution in [0.2, 0.25) is 0 Å². The monoisotopic (exact) mass is 265 g/mol. The Hall–Kier alpha value is -2.49. The average Bonchev–Trinajstić information content (AvgIpc) is 2.97. The summed E-state index contributed by atoms with van der Waals surface area (Å²) in [5.74, 6) is -0.113. The molecular formula is C16H15N3O. The van der Waals surface area contributed by atoms with E-state index >= 15 is 0 Å². The SMILES string of the molecule is Cc1cccc(C2CC=NN2C(=O)c2cccnc2)c1. The smallest absolute Gasteiger partial charge is 0.267 e. The molecule has 0 aliphatic carbocycles. The minimum Gasteiger partial charge on any atom is -0.267 e. The molecule has 4 nitrogen and oxygen atoms in total. The Kier molecular flexibility index (Phi) is 3.29. The molecule has 2 aromatic rings. The van der Waals surface area contributed by atoms with Crippen molar-refractivity contribution in [3.63, 3.8) is 0 Å². The normalized spacial score (nSPS) is 17.4. The van der Waals surface area contributed by atoms with Gasteiger partial charge >= 0.3 is 0 Å².